The van der Waals surface area contributed by atoms with Crippen LogP contribution in [0.5, 0.6) is 0 Å². The standard InChI is InChI=1S/C13H10N4O2S/c1-6-5-20-12-16-10(11(14)17(6)12)7-2-3-8-9(4-7)19-13(18)15-8/h2-5H,14H2,1H3,(H,15,18). The molecule has 4 aromatic rings. The Kier molecular flexibility index (Phi) is 2.11. The van der Waals surface area contributed by atoms with E-state index >= 15 is 0 Å². The lowest BCUT2D eigenvalue weighted by atomic mass is 10.1. The third-order valence-corrected chi connectivity index (χ3v) is 4.21. The van der Waals surface area contributed by atoms with Crippen LogP contribution < -0.4 is 11.5 Å². The van der Waals surface area contributed by atoms with E-state index in [-0.39, 0.29) is 0 Å². The number of thiazole rings is 1. The molecule has 0 unspecified atom stereocenters. The topological polar surface area (TPSA) is 89.3 Å². The van der Waals surface area contributed by atoms with Crippen LogP contribution in [0.3, 0.4) is 0 Å². The van der Waals surface area contributed by atoms with E-state index in [4.69, 9.17) is 10.2 Å². The van der Waals surface area contributed by atoms with Crippen LogP contribution in [0.25, 0.3) is 27.3 Å². The van der Waals surface area contributed by atoms with E-state index in [1.165, 1.54) is 0 Å². The third-order valence-electron chi connectivity index (χ3n) is 3.26. The first-order valence-electron chi connectivity index (χ1n) is 5.99. The summed E-state index contributed by atoms with van der Waals surface area (Å²) in [4.78, 5) is 19.2. The van der Waals surface area contributed by atoms with Crippen LogP contribution in [0.2, 0.25) is 0 Å². The number of imidazole rings is 1. The number of aromatic amines is 1. The maximum Gasteiger partial charge on any atom is 0.417 e. The molecule has 20 heavy (non-hydrogen) atoms. The van der Waals surface area contributed by atoms with Crippen molar-refractivity contribution in [2.24, 2.45) is 0 Å². The summed E-state index contributed by atoms with van der Waals surface area (Å²) in [6.07, 6.45) is 0. The Morgan fingerprint density at radius 2 is 2.30 bits per heavy atom. The lowest BCUT2D eigenvalue weighted by Gasteiger charge is -1.99. The minimum Gasteiger partial charge on any atom is -0.408 e. The molecular weight excluding hydrogens is 276 g/mol. The molecular formula is C13H10N4O2S. The molecule has 100 valence electrons. The predicted octanol–water partition coefficient (Wildman–Crippen LogP) is 2.39. The molecule has 3 N–H and O–H groups in total. The van der Waals surface area contributed by atoms with Crippen LogP contribution in [0, 0.1) is 6.92 Å². The van der Waals surface area contributed by atoms with Crippen molar-refractivity contribution in [3.05, 3.63) is 39.8 Å². The molecule has 0 saturated heterocycles. The first-order valence-corrected chi connectivity index (χ1v) is 6.87. The van der Waals surface area contributed by atoms with Crippen molar-refractivity contribution in [1.29, 1.82) is 0 Å². The minimum absolute atomic E-state index is 0.466. The number of hydrogen-bond donors (Lipinski definition) is 2. The molecule has 0 amide bonds. The summed E-state index contributed by atoms with van der Waals surface area (Å²) in [5, 5.41) is 2.01. The van der Waals surface area contributed by atoms with Crippen LogP contribution in [0.4, 0.5) is 5.82 Å². The quantitative estimate of drug-likeness (QED) is 0.562. The number of aryl methyl sites for hydroxylation is 1. The number of oxazole rings is 1. The molecule has 0 aliphatic rings. The van der Waals surface area contributed by atoms with Gasteiger partial charge in [-0.15, -0.1) is 11.3 Å². The van der Waals surface area contributed by atoms with Crippen LogP contribution in [0.1, 0.15) is 5.69 Å². The monoisotopic (exact) mass is 286 g/mol. The van der Waals surface area contributed by atoms with Gasteiger partial charge in [0.05, 0.1) is 5.52 Å². The molecule has 0 aliphatic carbocycles. The number of aromatic nitrogens is 3. The van der Waals surface area contributed by atoms with Crippen LogP contribution in [0.15, 0.2) is 32.8 Å². The maximum atomic E-state index is 11.2. The molecule has 0 fully saturated rings. The van der Waals surface area contributed by atoms with E-state index < -0.39 is 5.76 Å². The Balaban J connectivity index is 1.99. The van der Waals surface area contributed by atoms with E-state index in [2.05, 4.69) is 9.97 Å². The predicted molar refractivity (Wildman–Crippen MR) is 78.0 cm³/mol. The fraction of sp³-hybridized carbons (Fsp3) is 0.0769. The highest BCUT2D eigenvalue weighted by Crippen LogP contribution is 2.31. The van der Waals surface area contributed by atoms with Gasteiger partial charge in [0, 0.05) is 16.6 Å². The lowest BCUT2D eigenvalue weighted by molar-refractivity contribution is 0.555. The van der Waals surface area contributed by atoms with Gasteiger partial charge in [0.1, 0.15) is 11.5 Å². The van der Waals surface area contributed by atoms with Crippen molar-refractivity contribution in [3.63, 3.8) is 0 Å². The van der Waals surface area contributed by atoms with Crippen molar-refractivity contribution >= 4 is 33.2 Å². The zero-order valence-corrected chi connectivity index (χ0v) is 11.3. The number of nitrogen functional groups attached to an aromatic ring is 1. The number of benzene rings is 1. The lowest BCUT2D eigenvalue weighted by Crippen LogP contribution is -1.94. The second-order valence-corrected chi connectivity index (χ2v) is 5.40. The SMILES string of the molecule is Cc1csc2nc(-c3ccc4[nH]c(=O)oc4c3)c(N)n12. The summed E-state index contributed by atoms with van der Waals surface area (Å²) in [5.41, 5.74) is 9.91. The number of nitrogens with one attached hydrogen (secondary N) is 1. The Labute approximate surface area is 116 Å². The fourth-order valence-corrected chi connectivity index (χ4v) is 3.20. The highest BCUT2D eigenvalue weighted by atomic mass is 32.1. The van der Waals surface area contributed by atoms with E-state index in [0.29, 0.717) is 22.6 Å². The zero-order valence-electron chi connectivity index (χ0n) is 10.5. The number of nitrogens with two attached hydrogens (primary N) is 1. The van der Waals surface area contributed by atoms with E-state index in [1.54, 1.807) is 23.5 Å². The molecule has 3 heterocycles. The first-order chi connectivity index (χ1) is 9.63. The van der Waals surface area contributed by atoms with Gasteiger partial charge in [-0.3, -0.25) is 9.38 Å². The molecule has 6 nitrogen and oxygen atoms in total. The second-order valence-electron chi connectivity index (χ2n) is 4.57. The molecule has 7 heteroatoms. The molecule has 0 atom stereocenters. The van der Waals surface area contributed by atoms with Gasteiger partial charge in [0.25, 0.3) is 0 Å². The third kappa shape index (κ3) is 1.44. The van der Waals surface area contributed by atoms with Crippen molar-refractivity contribution < 1.29 is 4.42 Å². The van der Waals surface area contributed by atoms with Gasteiger partial charge in [0.15, 0.2) is 10.5 Å². The fourth-order valence-electron chi connectivity index (χ4n) is 2.33. The molecule has 0 spiro atoms. The normalized spacial score (nSPS) is 11.7. The average molecular weight is 286 g/mol. The summed E-state index contributed by atoms with van der Waals surface area (Å²) < 4.78 is 6.98. The summed E-state index contributed by atoms with van der Waals surface area (Å²) >= 11 is 1.54. The smallest absolute Gasteiger partial charge is 0.408 e. The van der Waals surface area contributed by atoms with Crippen LogP contribution in [-0.4, -0.2) is 14.4 Å². The van der Waals surface area contributed by atoms with Gasteiger partial charge in [-0.2, -0.15) is 0 Å². The largest absolute Gasteiger partial charge is 0.417 e. The van der Waals surface area contributed by atoms with Crippen LogP contribution in [-0.2, 0) is 0 Å². The Morgan fingerprint density at radius 3 is 3.10 bits per heavy atom. The summed E-state index contributed by atoms with van der Waals surface area (Å²) in [6.45, 7) is 1.99. The number of hydrogen-bond acceptors (Lipinski definition) is 5. The minimum atomic E-state index is -0.466. The molecule has 1 aromatic carbocycles. The summed E-state index contributed by atoms with van der Waals surface area (Å²) in [5.74, 6) is 0.128. The van der Waals surface area contributed by atoms with Crippen LogP contribution >= 0.6 is 11.3 Å². The van der Waals surface area contributed by atoms with Crippen molar-refractivity contribution in [2.75, 3.05) is 5.73 Å². The number of rotatable bonds is 1. The van der Waals surface area contributed by atoms with Gasteiger partial charge in [0.2, 0.25) is 0 Å². The Morgan fingerprint density at radius 1 is 1.45 bits per heavy atom. The maximum absolute atomic E-state index is 11.2. The van der Waals surface area contributed by atoms with Gasteiger partial charge >= 0.3 is 5.76 Å². The highest BCUT2D eigenvalue weighted by Gasteiger charge is 2.15. The Hall–Kier alpha value is -2.54. The average Bonchev–Trinajstić information content (AvgIpc) is 3.05. The molecule has 3 aromatic heterocycles. The van der Waals surface area contributed by atoms with E-state index in [9.17, 15) is 4.79 Å². The molecule has 0 radical (unpaired) electrons. The number of H-pyrrole nitrogens is 1. The van der Waals surface area contributed by atoms with Gasteiger partial charge in [-0.1, -0.05) is 6.07 Å². The number of fused-ring (bicyclic) bond motifs is 2. The van der Waals surface area contributed by atoms with E-state index in [0.717, 1.165) is 16.2 Å². The number of anilines is 1. The van der Waals surface area contributed by atoms with Gasteiger partial charge < -0.3 is 10.2 Å². The van der Waals surface area contributed by atoms with Crippen molar-refractivity contribution in [1.82, 2.24) is 14.4 Å². The zero-order chi connectivity index (χ0) is 13.9. The molecule has 0 saturated carbocycles. The number of nitrogens with zero attached hydrogens (tertiary/aromatic N) is 2. The van der Waals surface area contributed by atoms with Gasteiger partial charge in [-0.25, -0.2) is 9.78 Å². The second kappa shape index (κ2) is 3.73. The molecule has 0 bridgehead atoms. The molecule has 4 rings (SSSR count). The first kappa shape index (κ1) is 11.3. The Bertz CT molecular complexity index is 1000. The highest BCUT2D eigenvalue weighted by molar-refractivity contribution is 7.15. The van der Waals surface area contributed by atoms with E-state index in [1.807, 2.05) is 22.8 Å². The summed E-state index contributed by atoms with van der Waals surface area (Å²) in [7, 11) is 0. The van der Waals surface area contributed by atoms with Crippen molar-refractivity contribution in [3.8, 4) is 11.3 Å². The van der Waals surface area contributed by atoms with Crippen molar-refractivity contribution in [2.45, 2.75) is 6.92 Å². The summed E-state index contributed by atoms with van der Waals surface area (Å²) in [6, 6.07) is 5.42. The van der Waals surface area contributed by atoms with Gasteiger partial charge in [-0.05, 0) is 19.1 Å². The molecule has 0 aliphatic heterocycles.